The van der Waals surface area contributed by atoms with E-state index < -0.39 is 15.3 Å². The molecule has 0 spiro atoms. The van der Waals surface area contributed by atoms with Crippen molar-refractivity contribution < 1.29 is 36.5 Å². The fourth-order valence-electron chi connectivity index (χ4n) is 3.20. The van der Waals surface area contributed by atoms with Crippen molar-refractivity contribution in [3.8, 4) is 5.75 Å². The second-order valence-corrected chi connectivity index (χ2v) is 8.98. The molecule has 0 fully saturated rings. The maximum atomic E-state index is 13.0. The molecule has 202 valence electrons. The number of pyridine rings is 1. The van der Waals surface area contributed by atoms with Crippen LogP contribution in [0.4, 0.5) is 22.9 Å². The van der Waals surface area contributed by atoms with Gasteiger partial charge < -0.3 is 9.66 Å². The lowest BCUT2D eigenvalue weighted by Crippen LogP contribution is -2.37. The number of carbonyl (C=O) groups excluding carboxylic acids is 1. The van der Waals surface area contributed by atoms with Crippen molar-refractivity contribution in [2.24, 2.45) is 22.4 Å². The Balaban J connectivity index is 0.000000631. The highest BCUT2D eigenvalue weighted by atomic mass is 32.3. The zero-order valence-electron chi connectivity index (χ0n) is 20.8. The van der Waals surface area contributed by atoms with E-state index in [9.17, 15) is 33.0 Å². The van der Waals surface area contributed by atoms with E-state index in [-0.39, 0.29) is 23.0 Å². The topological polar surface area (TPSA) is 191 Å². The van der Waals surface area contributed by atoms with Crippen LogP contribution in [0.3, 0.4) is 0 Å². The van der Waals surface area contributed by atoms with Crippen LogP contribution in [0.1, 0.15) is 12.5 Å². The number of aromatic hydroxyl groups is 1. The van der Waals surface area contributed by atoms with E-state index in [0.29, 0.717) is 28.4 Å². The highest BCUT2D eigenvalue weighted by molar-refractivity contribution is 7.80. The second kappa shape index (κ2) is 12.1. The van der Waals surface area contributed by atoms with Crippen LogP contribution >= 0.6 is 0 Å². The zero-order chi connectivity index (χ0) is 28.7. The predicted octanol–water partition coefficient (Wildman–Crippen LogP) is 3.44. The first-order valence-electron chi connectivity index (χ1n) is 11.0. The smallest absolute Gasteiger partial charge is 0.368 e. The number of aromatic nitrogens is 1. The molecule has 1 aliphatic heterocycles. The fraction of sp³-hybridized carbons (Fsp3) is 0.125. The molecule has 0 saturated carbocycles. The van der Waals surface area contributed by atoms with Crippen LogP contribution < -0.4 is 9.58 Å². The molecular formula is C24H22N6O8S. The van der Waals surface area contributed by atoms with E-state index in [0.717, 1.165) is 7.11 Å². The summed E-state index contributed by atoms with van der Waals surface area (Å²) in [7, 11) is -1.77. The first kappa shape index (κ1) is 28.7. The summed E-state index contributed by atoms with van der Waals surface area (Å²) >= 11 is 0. The summed E-state index contributed by atoms with van der Waals surface area (Å²) in [6.45, 7) is 1.75. The van der Waals surface area contributed by atoms with Crippen LogP contribution in [0, 0.1) is 10.1 Å². The van der Waals surface area contributed by atoms with Gasteiger partial charge in [0.15, 0.2) is 0 Å². The quantitative estimate of drug-likeness (QED) is 0.0911. The highest BCUT2D eigenvalue weighted by Crippen LogP contribution is 2.31. The number of hydrazone groups is 1. The molecule has 1 aliphatic rings. The number of azo groups is 1. The minimum absolute atomic E-state index is 0.0539. The van der Waals surface area contributed by atoms with Crippen molar-refractivity contribution in [1.29, 1.82) is 0 Å². The van der Waals surface area contributed by atoms with E-state index >= 15 is 0 Å². The van der Waals surface area contributed by atoms with Gasteiger partial charge in [0, 0.05) is 18.2 Å². The number of aryl methyl sites for hydroxylation is 1. The summed E-state index contributed by atoms with van der Waals surface area (Å²) in [5.41, 5.74) is 2.14. The normalized spacial score (nSPS) is 14.4. The maximum absolute atomic E-state index is 13.0. The van der Waals surface area contributed by atoms with Gasteiger partial charge in [0.05, 0.1) is 42.2 Å². The third-order valence-corrected chi connectivity index (χ3v) is 5.56. The third kappa shape index (κ3) is 7.57. The average Bonchev–Trinajstić information content (AvgIpc) is 3.17. The molecule has 1 amide bonds. The lowest BCUT2D eigenvalue weighted by atomic mass is 10.1. The number of nitro groups is 1. The second-order valence-electron chi connectivity index (χ2n) is 7.83. The van der Waals surface area contributed by atoms with Gasteiger partial charge in [-0.15, -0.1) is 5.11 Å². The molecule has 39 heavy (non-hydrogen) atoms. The number of nitrogens with zero attached hydrogens (tertiary/aromatic N) is 6. The number of non-ortho nitro benzene ring substituents is 1. The minimum Gasteiger partial charge on any atom is -0.726 e. The summed E-state index contributed by atoms with van der Waals surface area (Å²) in [6, 6.07) is 15.7. The van der Waals surface area contributed by atoms with E-state index in [1.54, 1.807) is 35.8 Å². The van der Waals surface area contributed by atoms with Gasteiger partial charge in [0.2, 0.25) is 10.4 Å². The number of nitro benzene ring substituents is 1. The van der Waals surface area contributed by atoms with Gasteiger partial charge in [-0.3, -0.25) is 14.3 Å². The van der Waals surface area contributed by atoms with Gasteiger partial charge in [-0.05, 0) is 48.9 Å². The van der Waals surface area contributed by atoms with E-state index in [1.807, 2.05) is 25.4 Å². The number of phenols is 1. The fourth-order valence-corrected chi connectivity index (χ4v) is 3.20. The summed E-state index contributed by atoms with van der Waals surface area (Å²) in [5.74, 6) is 0.272. The number of anilines is 1. The molecule has 1 N–H and O–H groups in total. The molecule has 0 atom stereocenters. The van der Waals surface area contributed by atoms with Gasteiger partial charge >= 0.3 is 11.7 Å². The molecule has 15 heteroatoms. The van der Waals surface area contributed by atoms with E-state index in [4.69, 9.17) is 0 Å². The van der Waals surface area contributed by atoms with Gasteiger partial charge in [-0.25, -0.2) is 17.8 Å². The Kier molecular flexibility index (Phi) is 8.92. The zero-order valence-corrected chi connectivity index (χ0v) is 21.6. The van der Waals surface area contributed by atoms with Crippen LogP contribution in [0.25, 0.3) is 6.08 Å². The molecule has 0 aliphatic carbocycles. The molecule has 2 heterocycles. The standard InChI is InChI=1S/C23H18N6O4.CH4O4S/c1-15-19(23(31)28(26-15)22-5-3-4-12-27(22)2)13-16-6-11-21(30)20(14-16)25-24-17-7-9-18(10-8-17)29(32)33;1-5-6(2,3)4/h3-14H,1-2H3;1H3,(H,2,3,4). The van der Waals surface area contributed by atoms with Crippen LogP contribution in [0.5, 0.6) is 5.75 Å². The summed E-state index contributed by atoms with van der Waals surface area (Å²) in [5, 5.41) is 34.7. The molecule has 2 aromatic carbocycles. The molecule has 14 nitrogen and oxygen atoms in total. The van der Waals surface area contributed by atoms with Crippen LogP contribution in [0.15, 0.2) is 87.8 Å². The lowest BCUT2D eigenvalue weighted by molar-refractivity contribution is -0.658. The average molecular weight is 555 g/mol. The van der Waals surface area contributed by atoms with E-state index in [2.05, 4.69) is 19.5 Å². The van der Waals surface area contributed by atoms with Gasteiger partial charge in [-0.2, -0.15) is 5.11 Å². The monoisotopic (exact) mass is 554 g/mol. The molecule has 0 bridgehead atoms. The van der Waals surface area contributed by atoms with Gasteiger partial charge in [0.1, 0.15) is 11.4 Å². The number of phenolic OH excluding ortho intramolecular Hbond substituents is 1. The van der Waals surface area contributed by atoms with Crippen molar-refractivity contribution in [3.63, 3.8) is 0 Å². The number of hydrogen-bond donors (Lipinski definition) is 1. The van der Waals surface area contributed by atoms with Crippen LogP contribution in [-0.4, -0.2) is 41.7 Å². The van der Waals surface area contributed by atoms with Crippen molar-refractivity contribution in [3.05, 3.63) is 88.1 Å². The number of carbonyl (C=O) groups is 1. The Morgan fingerprint density at radius 1 is 1.13 bits per heavy atom. The summed E-state index contributed by atoms with van der Waals surface area (Å²) in [4.78, 5) is 23.3. The van der Waals surface area contributed by atoms with Crippen LogP contribution in [-0.2, 0) is 26.4 Å². The minimum atomic E-state index is -4.41. The number of hydrogen-bond acceptors (Lipinski definition) is 11. The molecular weight excluding hydrogens is 532 g/mol. The van der Waals surface area contributed by atoms with Crippen molar-refractivity contribution in [2.75, 3.05) is 12.1 Å². The Labute approximate surface area is 222 Å². The Bertz CT molecular complexity index is 1600. The molecule has 4 rings (SSSR count). The molecule has 0 unspecified atom stereocenters. The van der Waals surface area contributed by atoms with Crippen molar-refractivity contribution >= 4 is 51.0 Å². The SMILES string of the molecule is CC1=NN(c2cccc[n+]2C)C(=O)C1=Cc1ccc(O)c(N=Nc2ccc([N+](=O)[O-])cc2)c1.COS(=O)(=O)[O-]. The Morgan fingerprint density at radius 2 is 1.79 bits per heavy atom. The molecule has 0 saturated heterocycles. The van der Waals surface area contributed by atoms with E-state index in [1.165, 1.54) is 35.3 Å². The molecule has 3 aromatic rings. The van der Waals surface area contributed by atoms with Crippen molar-refractivity contribution in [2.45, 2.75) is 6.92 Å². The third-order valence-electron chi connectivity index (χ3n) is 5.16. The maximum Gasteiger partial charge on any atom is 0.368 e. The first-order valence-corrected chi connectivity index (χ1v) is 12.3. The summed E-state index contributed by atoms with van der Waals surface area (Å²) < 4.78 is 32.8. The number of rotatable bonds is 6. The van der Waals surface area contributed by atoms with Crippen LogP contribution in [0.2, 0.25) is 0 Å². The van der Waals surface area contributed by atoms with Gasteiger partial charge in [-0.1, -0.05) is 22.2 Å². The Hall–Kier alpha value is -4.86. The molecule has 1 aromatic heterocycles. The lowest BCUT2D eigenvalue weighted by Gasteiger charge is -2.05. The summed E-state index contributed by atoms with van der Waals surface area (Å²) in [6.07, 6.45) is 3.51. The highest BCUT2D eigenvalue weighted by Gasteiger charge is 2.37. The number of benzene rings is 2. The molecule has 0 radical (unpaired) electrons. The largest absolute Gasteiger partial charge is 0.726 e. The predicted molar refractivity (Wildman–Crippen MR) is 138 cm³/mol. The van der Waals surface area contributed by atoms with Crippen molar-refractivity contribution in [1.82, 2.24) is 0 Å². The Morgan fingerprint density at radius 3 is 2.38 bits per heavy atom. The first-order chi connectivity index (χ1) is 18.4. The van der Waals surface area contributed by atoms with Gasteiger partial charge in [0.25, 0.3) is 5.69 Å². The number of amides is 1.